The highest BCUT2D eigenvalue weighted by molar-refractivity contribution is 5.93. The van der Waals surface area contributed by atoms with Crippen molar-refractivity contribution in [1.29, 1.82) is 0 Å². The summed E-state index contributed by atoms with van der Waals surface area (Å²) in [4.78, 5) is 16.0. The van der Waals surface area contributed by atoms with Crippen LogP contribution in [0.4, 0.5) is 10.2 Å². The Morgan fingerprint density at radius 3 is 2.55 bits per heavy atom. The van der Waals surface area contributed by atoms with E-state index in [0.29, 0.717) is 12.1 Å². The summed E-state index contributed by atoms with van der Waals surface area (Å²) < 4.78 is 12.7. The average Bonchev–Trinajstić information content (AvgIpc) is 2.47. The van der Waals surface area contributed by atoms with E-state index < -0.39 is 0 Å². The molecule has 1 aromatic heterocycles. The second-order valence-corrected chi connectivity index (χ2v) is 4.27. The molecule has 0 saturated carbocycles. The molecule has 0 fully saturated rings. The molecule has 5 heteroatoms. The van der Waals surface area contributed by atoms with Gasteiger partial charge in [0.1, 0.15) is 11.6 Å². The molecule has 20 heavy (non-hydrogen) atoms. The number of anilines is 1. The second kappa shape index (κ2) is 6.65. The number of amides is 1. The van der Waals surface area contributed by atoms with Crippen LogP contribution in [0.1, 0.15) is 22.8 Å². The fourth-order valence-electron chi connectivity index (χ4n) is 1.70. The predicted molar refractivity (Wildman–Crippen MR) is 76.0 cm³/mol. The monoisotopic (exact) mass is 273 g/mol. The Hall–Kier alpha value is -2.43. The quantitative estimate of drug-likeness (QED) is 0.880. The van der Waals surface area contributed by atoms with E-state index in [0.717, 1.165) is 17.9 Å². The van der Waals surface area contributed by atoms with Crippen LogP contribution in [-0.2, 0) is 6.54 Å². The van der Waals surface area contributed by atoms with E-state index in [1.807, 2.05) is 6.92 Å². The van der Waals surface area contributed by atoms with E-state index in [4.69, 9.17) is 0 Å². The zero-order chi connectivity index (χ0) is 14.4. The number of halogens is 1. The number of pyridine rings is 1. The molecule has 0 spiro atoms. The lowest BCUT2D eigenvalue weighted by molar-refractivity contribution is 0.0950. The van der Waals surface area contributed by atoms with Crippen LogP contribution in [0.3, 0.4) is 0 Å². The molecule has 0 aliphatic rings. The number of nitrogens with zero attached hydrogens (tertiary/aromatic N) is 1. The van der Waals surface area contributed by atoms with E-state index in [1.54, 1.807) is 24.3 Å². The molecule has 104 valence electrons. The number of hydrogen-bond donors (Lipinski definition) is 2. The predicted octanol–water partition coefficient (Wildman–Crippen LogP) is 2.58. The van der Waals surface area contributed by atoms with Gasteiger partial charge in [-0.25, -0.2) is 9.37 Å². The maximum Gasteiger partial charge on any atom is 0.253 e. The number of carbonyl (C=O) groups excluding carboxylic acids is 1. The lowest BCUT2D eigenvalue weighted by atomic mass is 10.2. The highest BCUT2D eigenvalue weighted by atomic mass is 19.1. The summed E-state index contributed by atoms with van der Waals surface area (Å²) in [5, 5.41) is 5.82. The molecule has 2 rings (SSSR count). The Kier molecular flexibility index (Phi) is 4.65. The van der Waals surface area contributed by atoms with Crippen LogP contribution in [0.15, 0.2) is 42.6 Å². The van der Waals surface area contributed by atoms with Crippen molar-refractivity contribution in [3.63, 3.8) is 0 Å². The summed E-state index contributed by atoms with van der Waals surface area (Å²) in [6, 6.07) is 9.49. The van der Waals surface area contributed by atoms with E-state index in [9.17, 15) is 9.18 Å². The Morgan fingerprint density at radius 2 is 1.95 bits per heavy atom. The van der Waals surface area contributed by atoms with Gasteiger partial charge in [-0.1, -0.05) is 12.1 Å². The lowest BCUT2D eigenvalue weighted by Crippen LogP contribution is -2.22. The van der Waals surface area contributed by atoms with Gasteiger partial charge in [0.15, 0.2) is 0 Å². The van der Waals surface area contributed by atoms with Gasteiger partial charge in [-0.15, -0.1) is 0 Å². The van der Waals surface area contributed by atoms with E-state index in [2.05, 4.69) is 15.6 Å². The SMILES string of the molecule is CCNc1ccc(C(=O)NCc2ccc(F)cc2)cn1. The number of nitrogens with one attached hydrogen (secondary N) is 2. The highest BCUT2D eigenvalue weighted by Crippen LogP contribution is 2.06. The topological polar surface area (TPSA) is 54.0 Å². The number of rotatable bonds is 5. The first kappa shape index (κ1) is 14.0. The highest BCUT2D eigenvalue weighted by Gasteiger charge is 2.05. The van der Waals surface area contributed by atoms with Gasteiger partial charge in [0.05, 0.1) is 5.56 Å². The molecule has 2 N–H and O–H groups in total. The fraction of sp³-hybridized carbons (Fsp3) is 0.200. The van der Waals surface area contributed by atoms with Gasteiger partial charge in [-0.2, -0.15) is 0 Å². The summed E-state index contributed by atoms with van der Waals surface area (Å²) in [7, 11) is 0. The van der Waals surface area contributed by atoms with Crippen LogP contribution >= 0.6 is 0 Å². The minimum atomic E-state index is -0.289. The van der Waals surface area contributed by atoms with Crippen molar-refractivity contribution in [2.75, 3.05) is 11.9 Å². The summed E-state index contributed by atoms with van der Waals surface area (Å²) >= 11 is 0. The minimum absolute atomic E-state index is 0.204. The van der Waals surface area contributed by atoms with Crippen molar-refractivity contribution in [2.45, 2.75) is 13.5 Å². The van der Waals surface area contributed by atoms with E-state index in [-0.39, 0.29) is 11.7 Å². The largest absolute Gasteiger partial charge is 0.370 e. The first-order chi connectivity index (χ1) is 9.69. The van der Waals surface area contributed by atoms with Gasteiger partial charge in [0.25, 0.3) is 5.91 Å². The van der Waals surface area contributed by atoms with Crippen LogP contribution in [-0.4, -0.2) is 17.4 Å². The van der Waals surface area contributed by atoms with Crippen molar-refractivity contribution in [3.05, 3.63) is 59.5 Å². The minimum Gasteiger partial charge on any atom is -0.370 e. The molecular formula is C15H16FN3O. The maximum absolute atomic E-state index is 12.7. The number of benzene rings is 1. The molecule has 0 bridgehead atoms. The second-order valence-electron chi connectivity index (χ2n) is 4.27. The van der Waals surface area contributed by atoms with Crippen molar-refractivity contribution in [1.82, 2.24) is 10.3 Å². The third-order valence-electron chi connectivity index (χ3n) is 2.75. The zero-order valence-electron chi connectivity index (χ0n) is 11.2. The number of hydrogen-bond acceptors (Lipinski definition) is 3. The molecule has 0 unspecified atom stereocenters. The maximum atomic E-state index is 12.7. The molecule has 2 aromatic rings. The Bertz CT molecular complexity index is 567. The molecule has 0 atom stereocenters. The number of carbonyl (C=O) groups is 1. The molecule has 4 nitrogen and oxygen atoms in total. The van der Waals surface area contributed by atoms with Gasteiger partial charge < -0.3 is 10.6 Å². The first-order valence-electron chi connectivity index (χ1n) is 6.41. The van der Waals surface area contributed by atoms with E-state index >= 15 is 0 Å². The molecule has 1 heterocycles. The van der Waals surface area contributed by atoms with Crippen LogP contribution < -0.4 is 10.6 Å². The lowest BCUT2D eigenvalue weighted by Gasteiger charge is -2.06. The van der Waals surface area contributed by atoms with Gasteiger partial charge in [-0.3, -0.25) is 4.79 Å². The Labute approximate surface area is 117 Å². The van der Waals surface area contributed by atoms with Gasteiger partial charge in [0, 0.05) is 19.3 Å². The van der Waals surface area contributed by atoms with Crippen LogP contribution in [0.5, 0.6) is 0 Å². The third-order valence-corrected chi connectivity index (χ3v) is 2.75. The fourth-order valence-corrected chi connectivity index (χ4v) is 1.70. The summed E-state index contributed by atoms with van der Waals surface area (Å²) in [5.41, 5.74) is 1.34. The third kappa shape index (κ3) is 3.78. The zero-order valence-corrected chi connectivity index (χ0v) is 11.2. The molecule has 1 amide bonds. The van der Waals surface area contributed by atoms with Crippen LogP contribution in [0, 0.1) is 5.82 Å². The molecule has 0 saturated heterocycles. The normalized spacial score (nSPS) is 10.1. The summed E-state index contributed by atoms with van der Waals surface area (Å²) in [6.45, 7) is 3.11. The Balaban J connectivity index is 1.92. The molecule has 0 aliphatic carbocycles. The molecule has 0 aliphatic heterocycles. The first-order valence-corrected chi connectivity index (χ1v) is 6.41. The number of aromatic nitrogens is 1. The average molecular weight is 273 g/mol. The molecule has 1 aromatic carbocycles. The van der Waals surface area contributed by atoms with Crippen LogP contribution in [0.2, 0.25) is 0 Å². The standard InChI is InChI=1S/C15H16FN3O/c1-2-17-14-8-5-12(10-18-14)15(20)19-9-11-3-6-13(16)7-4-11/h3-8,10H,2,9H2,1H3,(H,17,18)(H,19,20). The Morgan fingerprint density at radius 1 is 1.20 bits per heavy atom. The van der Waals surface area contributed by atoms with Gasteiger partial charge in [-0.05, 0) is 36.8 Å². The summed E-state index contributed by atoms with van der Waals surface area (Å²) in [6.07, 6.45) is 1.53. The van der Waals surface area contributed by atoms with E-state index in [1.165, 1.54) is 18.3 Å². The summed E-state index contributed by atoms with van der Waals surface area (Å²) in [5.74, 6) is 0.246. The molecular weight excluding hydrogens is 257 g/mol. The van der Waals surface area contributed by atoms with Gasteiger partial charge >= 0.3 is 0 Å². The smallest absolute Gasteiger partial charge is 0.253 e. The van der Waals surface area contributed by atoms with Crippen molar-refractivity contribution >= 4 is 11.7 Å². The van der Waals surface area contributed by atoms with Gasteiger partial charge in [0.2, 0.25) is 0 Å². The van der Waals surface area contributed by atoms with Crippen molar-refractivity contribution in [3.8, 4) is 0 Å². The van der Waals surface area contributed by atoms with Crippen molar-refractivity contribution < 1.29 is 9.18 Å². The molecule has 0 radical (unpaired) electrons. The van der Waals surface area contributed by atoms with Crippen molar-refractivity contribution in [2.24, 2.45) is 0 Å². The van der Waals surface area contributed by atoms with Crippen LogP contribution in [0.25, 0.3) is 0 Å².